The number of benzene rings is 1. The first-order valence-corrected chi connectivity index (χ1v) is 8.14. The summed E-state index contributed by atoms with van der Waals surface area (Å²) >= 11 is 0. The number of para-hydroxylation sites is 1. The lowest BCUT2D eigenvalue weighted by Gasteiger charge is -2.43. The van der Waals surface area contributed by atoms with Gasteiger partial charge in [-0.3, -0.25) is 9.69 Å². The predicted octanol–water partition coefficient (Wildman–Crippen LogP) is 2.80. The molecule has 3 rings (SSSR count). The Morgan fingerprint density at radius 2 is 2.14 bits per heavy atom. The molecule has 1 aromatic carbocycles. The number of rotatable bonds is 4. The van der Waals surface area contributed by atoms with Crippen LogP contribution in [-0.2, 0) is 9.53 Å². The Labute approximate surface area is 130 Å². The largest absolute Gasteiger partial charge is 0.375 e. The van der Waals surface area contributed by atoms with Crippen LogP contribution in [0.15, 0.2) is 24.3 Å². The van der Waals surface area contributed by atoms with Gasteiger partial charge in [-0.2, -0.15) is 0 Å². The third kappa shape index (κ3) is 3.65. The molecule has 0 spiro atoms. The maximum absolute atomic E-state index is 13.5. The lowest BCUT2D eigenvalue weighted by atomic mass is 9.90. The number of nitrogens with one attached hydrogen (secondary N) is 1. The molecule has 2 fully saturated rings. The minimum absolute atomic E-state index is 0.135. The molecule has 2 atom stereocenters. The molecule has 1 N–H and O–H groups in total. The van der Waals surface area contributed by atoms with Gasteiger partial charge >= 0.3 is 0 Å². The summed E-state index contributed by atoms with van der Waals surface area (Å²) in [6, 6.07) is 6.71. The summed E-state index contributed by atoms with van der Waals surface area (Å²) in [5.41, 5.74) is 0.255. The number of amides is 1. The molecule has 1 heterocycles. The average Bonchev–Trinajstić information content (AvgIpc) is 2.55. The molecule has 0 aromatic heterocycles. The molecule has 1 saturated heterocycles. The summed E-state index contributed by atoms with van der Waals surface area (Å²) in [4.78, 5) is 14.4. The molecular weight excluding hydrogens is 283 g/mol. The third-order valence-electron chi connectivity index (χ3n) is 4.62. The maximum Gasteiger partial charge on any atom is 0.225 e. The Balaban J connectivity index is 1.51. The SMILES string of the molecule is O=C(CCN1CCO[C@@H]2CCCC[C@H]21)Nc1ccccc1F. The highest BCUT2D eigenvalue weighted by Crippen LogP contribution is 2.28. The lowest BCUT2D eigenvalue weighted by Crippen LogP contribution is -2.53. The maximum atomic E-state index is 13.5. The smallest absolute Gasteiger partial charge is 0.225 e. The number of fused-ring (bicyclic) bond motifs is 1. The summed E-state index contributed by atoms with van der Waals surface area (Å²) in [6.45, 7) is 2.34. The zero-order valence-corrected chi connectivity index (χ0v) is 12.8. The zero-order valence-electron chi connectivity index (χ0n) is 12.8. The molecule has 1 aromatic rings. The van der Waals surface area contributed by atoms with Gasteiger partial charge in [0.2, 0.25) is 5.91 Å². The van der Waals surface area contributed by atoms with E-state index in [-0.39, 0.29) is 11.6 Å². The van der Waals surface area contributed by atoms with Crippen LogP contribution in [0.3, 0.4) is 0 Å². The monoisotopic (exact) mass is 306 g/mol. The molecular formula is C17H23FN2O2. The van der Waals surface area contributed by atoms with Crippen LogP contribution in [0, 0.1) is 5.82 Å². The van der Waals surface area contributed by atoms with Gasteiger partial charge in [0.15, 0.2) is 0 Å². The Kier molecular flexibility index (Phi) is 5.05. The van der Waals surface area contributed by atoms with E-state index < -0.39 is 5.82 Å². The quantitative estimate of drug-likeness (QED) is 0.930. The minimum atomic E-state index is -0.394. The van der Waals surface area contributed by atoms with E-state index >= 15 is 0 Å². The van der Waals surface area contributed by atoms with Crippen LogP contribution in [-0.4, -0.2) is 42.6 Å². The van der Waals surface area contributed by atoms with Crippen LogP contribution < -0.4 is 5.32 Å². The summed E-state index contributed by atoms with van der Waals surface area (Å²) in [5, 5.41) is 2.65. The van der Waals surface area contributed by atoms with Gasteiger partial charge in [-0.1, -0.05) is 25.0 Å². The van der Waals surface area contributed by atoms with Crippen molar-refractivity contribution in [3.05, 3.63) is 30.1 Å². The highest BCUT2D eigenvalue weighted by Gasteiger charge is 2.33. The first kappa shape index (κ1) is 15.4. The standard InChI is InChI=1S/C17H23FN2O2/c18-13-5-1-2-6-14(13)19-17(21)9-10-20-11-12-22-16-8-4-3-7-15(16)20/h1-2,5-6,15-16H,3-4,7-12H2,(H,19,21)/t15-,16-/m1/s1. The van der Waals surface area contributed by atoms with Gasteiger partial charge in [0.25, 0.3) is 0 Å². The Morgan fingerprint density at radius 1 is 1.32 bits per heavy atom. The molecule has 0 bridgehead atoms. The van der Waals surface area contributed by atoms with Crippen molar-refractivity contribution >= 4 is 11.6 Å². The van der Waals surface area contributed by atoms with Gasteiger partial charge in [-0.25, -0.2) is 4.39 Å². The van der Waals surface area contributed by atoms with Crippen LogP contribution in [0.2, 0.25) is 0 Å². The molecule has 120 valence electrons. The fourth-order valence-corrected chi connectivity index (χ4v) is 3.47. The molecule has 5 heteroatoms. The van der Waals surface area contributed by atoms with Gasteiger partial charge in [-0.15, -0.1) is 0 Å². The lowest BCUT2D eigenvalue weighted by molar-refractivity contribution is -0.118. The Hall–Kier alpha value is -1.46. The Morgan fingerprint density at radius 3 is 3.00 bits per heavy atom. The molecule has 1 amide bonds. The van der Waals surface area contributed by atoms with Gasteiger partial charge < -0.3 is 10.1 Å². The second-order valence-electron chi connectivity index (χ2n) is 6.08. The summed E-state index contributed by atoms with van der Waals surface area (Å²) in [6.07, 6.45) is 5.47. The van der Waals surface area contributed by atoms with Crippen molar-refractivity contribution in [2.75, 3.05) is 25.0 Å². The number of halogens is 1. The van der Waals surface area contributed by atoms with E-state index in [1.54, 1.807) is 18.2 Å². The van der Waals surface area contributed by atoms with Crippen LogP contribution in [0.1, 0.15) is 32.1 Å². The number of morpholine rings is 1. The fraction of sp³-hybridized carbons (Fsp3) is 0.588. The number of nitrogens with zero attached hydrogens (tertiary/aromatic N) is 1. The first-order chi connectivity index (χ1) is 10.7. The number of hydrogen-bond donors (Lipinski definition) is 1. The van der Waals surface area contributed by atoms with E-state index in [0.29, 0.717) is 25.1 Å². The van der Waals surface area contributed by atoms with E-state index in [9.17, 15) is 9.18 Å². The first-order valence-electron chi connectivity index (χ1n) is 8.14. The van der Waals surface area contributed by atoms with Crippen molar-refractivity contribution in [1.29, 1.82) is 0 Å². The van der Waals surface area contributed by atoms with Crippen molar-refractivity contribution in [2.45, 2.75) is 44.2 Å². The summed E-state index contributed by atoms with van der Waals surface area (Å²) < 4.78 is 19.4. The summed E-state index contributed by atoms with van der Waals surface area (Å²) in [5.74, 6) is -0.529. The molecule has 2 aliphatic rings. The van der Waals surface area contributed by atoms with Gasteiger partial charge in [0.05, 0.1) is 18.4 Å². The molecule has 1 aliphatic carbocycles. The number of ether oxygens (including phenoxy) is 1. The molecule has 1 saturated carbocycles. The summed E-state index contributed by atoms with van der Waals surface area (Å²) in [7, 11) is 0. The normalized spacial score (nSPS) is 25.5. The van der Waals surface area contributed by atoms with Crippen molar-refractivity contribution in [3.8, 4) is 0 Å². The molecule has 22 heavy (non-hydrogen) atoms. The van der Waals surface area contributed by atoms with Crippen LogP contribution in [0.5, 0.6) is 0 Å². The van der Waals surface area contributed by atoms with Gasteiger partial charge in [-0.05, 0) is 25.0 Å². The second kappa shape index (κ2) is 7.20. The fourth-order valence-electron chi connectivity index (χ4n) is 3.47. The average molecular weight is 306 g/mol. The number of carbonyl (C=O) groups excluding carboxylic acids is 1. The van der Waals surface area contributed by atoms with Crippen LogP contribution in [0.4, 0.5) is 10.1 Å². The van der Waals surface area contributed by atoms with E-state index in [2.05, 4.69) is 10.2 Å². The Bertz CT molecular complexity index is 521. The highest BCUT2D eigenvalue weighted by atomic mass is 19.1. The van der Waals surface area contributed by atoms with Crippen LogP contribution >= 0.6 is 0 Å². The molecule has 4 nitrogen and oxygen atoms in total. The van der Waals surface area contributed by atoms with Gasteiger partial charge in [0.1, 0.15) is 5.82 Å². The van der Waals surface area contributed by atoms with E-state index in [1.807, 2.05) is 0 Å². The number of hydrogen-bond acceptors (Lipinski definition) is 3. The number of anilines is 1. The number of carbonyl (C=O) groups is 1. The van der Waals surface area contributed by atoms with Gasteiger partial charge in [0, 0.05) is 25.6 Å². The van der Waals surface area contributed by atoms with Crippen LogP contribution in [0.25, 0.3) is 0 Å². The molecule has 1 aliphatic heterocycles. The highest BCUT2D eigenvalue weighted by molar-refractivity contribution is 5.90. The van der Waals surface area contributed by atoms with Crippen molar-refractivity contribution in [2.24, 2.45) is 0 Å². The topological polar surface area (TPSA) is 41.6 Å². The minimum Gasteiger partial charge on any atom is -0.375 e. The van der Waals surface area contributed by atoms with Crippen molar-refractivity contribution in [3.63, 3.8) is 0 Å². The zero-order chi connectivity index (χ0) is 15.4. The third-order valence-corrected chi connectivity index (χ3v) is 4.62. The van der Waals surface area contributed by atoms with Crippen molar-refractivity contribution in [1.82, 2.24) is 4.90 Å². The van der Waals surface area contributed by atoms with E-state index in [1.165, 1.54) is 18.9 Å². The molecule has 0 unspecified atom stereocenters. The second-order valence-corrected chi connectivity index (χ2v) is 6.08. The van der Waals surface area contributed by atoms with E-state index in [0.717, 1.165) is 26.0 Å². The van der Waals surface area contributed by atoms with E-state index in [4.69, 9.17) is 4.74 Å². The predicted molar refractivity (Wildman–Crippen MR) is 83.2 cm³/mol. The van der Waals surface area contributed by atoms with Crippen molar-refractivity contribution < 1.29 is 13.9 Å². The molecule has 0 radical (unpaired) electrons.